The molecule has 0 bridgehead atoms. The Kier molecular flexibility index (Phi) is 4.91. The van der Waals surface area contributed by atoms with Gasteiger partial charge in [-0.25, -0.2) is 0 Å². The van der Waals surface area contributed by atoms with Gasteiger partial charge in [0.25, 0.3) is 5.91 Å². The monoisotopic (exact) mass is 337 g/mol. The molecule has 1 N–H and O–H groups in total. The normalized spacial score (nSPS) is 11.2. The molecule has 0 fully saturated rings. The highest BCUT2D eigenvalue weighted by Gasteiger charge is 2.18. The zero-order valence-corrected chi connectivity index (χ0v) is 14.8. The van der Waals surface area contributed by atoms with E-state index in [0.717, 1.165) is 22.2 Å². The van der Waals surface area contributed by atoms with E-state index in [1.807, 2.05) is 55.5 Å². The molecule has 2 aromatic carbocycles. The van der Waals surface area contributed by atoms with Gasteiger partial charge in [0.1, 0.15) is 5.75 Å². The number of aliphatic hydroxyl groups excluding tert-OH is 1. The van der Waals surface area contributed by atoms with E-state index in [9.17, 15) is 9.90 Å². The van der Waals surface area contributed by atoms with Crippen LogP contribution in [0.15, 0.2) is 48.5 Å². The Morgan fingerprint density at radius 2 is 1.80 bits per heavy atom. The molecular weight excluding hydrogens is 314 g/mol. The molecule has 3 rings (SSSR count). The third-order valence-corrected chi connectivity index (χ3v) is 4.56. The predicted octanol–water partition coefficient (Wildman–Crippen LogP) is 4.28. The van der Waals surface area contributed by atoms with Gasteiger partial charge >= 0.3 is 0 Å². The van der Waals surface area contributed by atoms with E-state index in [0.29, 0.717) is 11.7 Å². The maximum atomic E-state index is 12.7. The summed E-state index contributed by atoms with van der Waals surface area (Å²) < 4.78 is 7.30. The maximum Gasteiger partial charge on any atom is 0.269 e. The number of para-hydroxylation sites is 1. The highest BCUT2D eigenvalue weighted by molar-refractivity contribution is 5.96. The van der Waals surface area contributed by atoms with Crippen molar-refractivity contribution in [1.29, 1.82) is 0 Å². The standard InChI is InChI=1S/C21H23NO3/c1-14(2)16-8-10-17(11-9-16)25-13-21(24)22-15(3)19(12-23)18-6-4-5-7-20(18)22/h4-11,14,23H,12-13H2,1-3H3. The van der Waals surface area contributed by atoms with Crippen LogP contribution in [0.3, 0.4) is 0 Å². The van der Waals surface area contributed by atoms with Crippen LogP contribution in [0.1, 0.15) is 41.4 Å². The summed E-state index contributed by atoms with van der Waals surface area (Å²) in [5.74, 6) is 0.983. The van der Waals surface area contributed by atoms with Crippen LogP contribution in [0.4, 0.5) is 0 Å². The summed E-state index contributed by atoms with van der Waals surface area (Å²) in [5, 5.41) is 10.5. The highest BCUT2D eigenvalue weighted by Crippen LogP contribution is 2.26. The number of nitrogens with zero attached hydrogens (tertiary/aromatic N) is 1. The first kappa shape index (κ1) is 17.2. The first-order chi connectivity index (χ1) is 12.0. The molecule has 0 radical (unpaired) electrons. The van der Waals surface area contributed by atoms with E-state index in [1.54, 1.807) is 4.57 Å². The molecule has 1 heterocycles. The van der Waals surface area contributed by atoms with Gasteiger partial charge in [-0.3, -0.25) is 9.36 Å². The van der Waals surface area contributed by atoms with E-state index in [2.05, 4.69) is 13.8 Å². The lowest BCUT2D eigenvalue weighted by molar-refractivity contribution is 0.0840. The summed E-state index contributed by atoms with van der Waals surface area (Å²) in [6, 6.07) is 15.4. The second-order valence-corrected chi connectivity index (χ2v) is 6.48. The molecule has 4 heteroatoms. The molecule has 0 spiro atoms. The van der Waals surface area contributed by atoms with Crippen LogP contribution in [-0.2, 0) is 6.61 Å². The Balaban J connectivity index is 1.82. The maximum absolute atomic E-state index is 12.7. The molecule has 1 aromatic heterocycles. The van der Waals surface area contributed by atoms with Crippen LogP contribution >= 0.6 is 0 Å². The van der Waals surface area contributed by atoms with Gasteiger partial charge < -0.3 is 9.84 Å². The number of carbonyl (C=O) groups excluding carboxylic acids is 1. The van der Waals surface area contributed by atoms with Crippen molar-refractivity contribution in [1.82, 2.24) is 4.57 Å². The summed E-state index contributed by atoms with van der Waals surface area (Å²) in [6.07, 6.45) is 0. The molecule has 0 saturated heterocycles. The number of fused-ring (bicyclic) bond motifs is 1. The van der Waals surface area contributed by atoms with E-state index in [-0.39, 0.29) is 19.1 Å². The molecule has 25 heavy (non-hydrogen) atoms. The summed E-state index contributed by atoms with van der Waals surface area (Å²) in [4.78, 5) is 12.7. The number of hydrogen-bond acceptors (Lipinski definition) is 3. The van der Waals surface area contributed by atoms with Crippen molar-refractivity contribution >= 4 is 16.8 Å². The van der Waals surface area contributed by atoms with Gasteiger partial charge in [0.2, 0.25) is 0 Å². The van der Waals surface area contributed by atoms with Crippen molar-refractivity contribution < 1.29 is 14.6 Å². The zero-order valence-electron chi connectivity index (χ0n) is 14.8. The third-order valence-electron chi connectivity index (χ3n) is 4.56. The molecule has 0 aliphatic carbocycles. The molecule has 130 valence electrons. The molecule has 0 aliphatic rings. The second kappa shape index (κ2) is 7.11. The SMILES string of the molecule is Cc1c(CO)c2ccccc2n1C(=O)COc1ccc(C(C)C)cc1. The quantitative estimate of drug-likeness (QED) is 0.756. The van der Waals surface area contributed by atoms with Gasteiger partial charge in [0.05, 0.1) is 12.1 Å². The van der Waals surface area contributed by atoms with Crippen LogP contribution in [0, 0.1) is 6.92 Å². The predicted molar refractivity (Wildman–Crippen MR) is 99.3 cm³/mol. The minimum atomic E-state index is -0.152. The van der Waals surface area contributed by atoms with Crippen LogP contribution < -0.4 is 4.74 Å². The first-order valence-electron chi connectivity index (χ1n) is 8.48. The average Bonchev–Trinajstić information content (AvgIpc) is 2.91. The van der Waals surface area contributed by atoms with Crippen molar-refractivity contribution in [2.75, 3.05) is 6.61 Å². The Labute approximate surface area is 147 Å². The van der Waals surface area contributed by atoms with Gasteiger partial charge in [0.15, 0.2) is 6.61 Å². The van der Waals surface area contributed by atoms with Crippen LogP contribution in [0.25, 0.3) is 10.9 Å². The topological polar surface area (TPSA) is 51.5 Å². The van der Waals surface area contributed by atoms with Gasteiger partial charge in [0, 0.05) is 16.6 Å². The number of benzene rings is 2. The fraction of sp³-hybridized carbons (Fsp3) is 0.286. The van der Waals surface area contributed by atoms with Crippen LogP contribution in [0.5, 0.6) is 5.75 Å². The molecule has 0 unspecified atom stereocenters. The van der Waals surface area contributed by atoms with E-state index in [4.69, 9.17) is 4.74 Å². The Bertz CT molecular complexity index is 891. The molecule has 0 aliphatic heterocycles. The Morgan fingerprint density at radius 1 is 1.12 bits per heavy atom. The number of aliphatic hydroxyl groups is 1. The van der Waals surface area contributed by atoms with E-state index < -0.39 is 0 Å². The fourth-order valence-electron chi connectivity index (χ4n) is 3.11. The number of rotatable bonds is 5. The lowest BCUT2D eigenvalue weighted by Gasteiger charge is -2.10. The minimum Gasteiger partial charge on any atom is -0.484 e. The van der Waals surface area contributed by atoms with E-state index in [1.165, 1.54) is 5.56 Å². The lowest BCUT2D eigenvalue weighted by atomic mass is 10.0. The molecule has 3 aromatic rings. The van der Waals surface area contributed by atoms with Gasteiger partial charge in [-0.2, -0.15) is 0 Å². The van der Waals surface area contributed by atoms with Crippen LogP contribution in [-0.4, -0.2) is 22.2 Å². The summed E-state index contributed by atoms with van der Waals surface area (Å²) in [5.41, 5.74) is 3.57. The second-order valence-electron chi connectivity index (χ2n) is 6.48. The third kappa shape index (κ3) is 3.30. The van der Waals surface area contributed by atoms with Crippen molar-refractivity contribution in [2.24, 2.45) is 0 Å². The number of aromatic nitrogens is 1. The fourth-order valence-corrected chi connectivity index (χ4v) is 3.11. The number of ether oxygens (including phenoxy) is 1. The van der Waals surface area contributed by atoms with Crippen LogP contribution in [0.2, 0.25) is 0 Å². The largest absolute Gasteiger partial charge is 0.484 e. The minimum absolute atomic E-state index is 0.0502. The zero-order chi connectivity index (χ0) is 18.0. The highest BCUT2D eigenvalue weighted by atomic mass is 16.5. The Morgan fingerprint density at radius 3 is 2.44 bits per heavy atom. The first-order valence-corrected chi connectivity index (χ1v) is 8.48. The van der Waals surface area contributed by atoms with Crippen molar-refractivity contribution in [3.05, 3.63) is 65.4 Å². The molecule has 0 saturated carbocycles. The van der Waals surface area contributed by atoms with Gasteiger partial charge in [-0.15, -0.1) is 0 Å². The van der Waals surface area contributed by atoms with Crippen molar-refractivity contribution in [3.63, 3.8) is 0 Å². The van der Waals surface area contributed by atoms with E-state index >= 15 is 0 Å². The van der Waals surface area contributed by atoms with Gasteiger partial charge in [-0.05, 0) is 36.6 Å². The number of hydrogen-bond donors (Lipinski definition) is 1. The van der Waals surface area contributed by atoms with Gasteiger partial charge in [-0.1, -0.05) is 44.2 Å². The Hall–Kier alpha value is -2.59. The van der Waals surface area contributed by atoms with Crippen molar-refractivity contribution in [3.8, 4) is 5.75 Å². The molecule has 4 nitrogen and oxygen atoms in total. The molecule has 0 amide bonds. The molecule has 0 atom stereocenters. The summed E-state index contributed by atoms with van der Waals surface area (Å²) in [6.45, 7) is 5.98. The molecular formula is C21H23NO3. The number of carbonyl (C=O) groups is 1. The lowest BCUT2D eigenvalue weighted by Crippen LogP contribution is -2.20. The smallest absolute Gasteiger partial charge is 0.269 e. The summed E-state index contributed by atoms with van der Waals surface area (Å²) >= 11 is 0. The average molecular weight is 337 g/mol. The van der Waals surface area contributed by atoms with Crippen molar-refractivity contribution in [2.45, 2.75) is 33.3 Å². The summed E-state index contributed by atoms with van der Waals surface area (Å²) in [7, 11) is 0.